The maximum Gasteiger partial charge on any atom is 0.267 e. The van der Waals surface area contributed by atoms with Crippen molar-refractivity contribution >= 4 is 49.6 Å². The van der Waals surface area contributed by atoms with Gasteiger partial charge in [-0.15, -0.1) is 22.7 Å². The monoisotopic (exact) mass is 378 g/mol. The summed E-state index contributed by atoms with van der Waals surface area (Å²) in [5.41, 5.74) is 1.22. The number of amides is 1. The second kappa shape index (κ2) is 6.51. The van der Waals surface area contributed by atoms with Gasteiger partial charge in [0.05, 0.1) is 4.88 Å². The third kappa shape index (κ3) is 3.78. The van der Waals surface area contributed by atoms with Crippen molar-refractivity contribution in [1.29, 1.82) is 0 Å². The van der Waals surface area contributed by atoms with Gasteiger partial charge in [-0.3, -0.25) is 10.1 Å². The van der Waals surface area contributed by atoms with Gasteiger partial charge in [-0.2, -0.15) is 0 Å². The lowest BCUT2D eigenvalue weighted by Crippen LogP contribution is -2.09. The average molecular weight is 379 g/mol. The standard InChI is InChI=1S/C15H11BrN2OS2/c16-11-5-3-10(4-6-11)8-12-9-17-15(21-12)18-14(19)13-2-1-7-20-13/h1-7,9H,8H2,(H,17,18,19). The van der Waals surface area contributed by atoms with Crippen LogP contribution in [0.15, 0.2) is 52.4 Å². The van der Waals surface area contributed by atoms with E-state index >= 15 is 0 Å². The molecule has 0 aliphatic heterocycles. The van der Waals surface area contributed by atoms with E-state index in [1.807, 2.05) is 29.8 Å². The third-order valence-electron chi connectivity index (χ3n) is 2.81. The van der Waals surface area contributed by atoms with Crippen LogP contribution in [0.1, 0.15) is 20.1 Å². The van der Waals surface area contributed by atoms with Crippen LogP contribution in [0.5, 0.6) is 0 Å². The van der Waals surface area contributed by atoms with Crippen LogP contribution in [0.25, 0.3) is 0 Å². The molecule has 0 spiro atoms. The minimum Gasteiger partial charge on any atom is -0.297 e. The number of carbonyl (C=O) groups is 1. The Morgan fingerprint density at radius 3 is 2.76 bits per heavy atom. The molecule has 0 radical (unpaired) electrons. The molecular formula is C15H11BrN2OS2. The van der Waals surface area contributed by atoms with E-state index in [1.54, 1.807) is 6.07 Å². The molecule has 106 valence electrons. The highest BCUT2D eigenvalue weighted by atomic mass is 79.9. The Hall–Kier alpha value is -1.50. The molecule has 3 nitrogen and oxygen atoms in total. The fraction of sp³-hybridized carbons (Fsp3) is 0.0667. The van der Waals surface area contributed by atoms with Crippen molar-refractivity contribution in [3.8, 4) is 0 Å². The first kappa shape index (κ1) is 14.4. The highest BCUT2D eigenvalue weighted by Crippen LogP contribution is 2.23. The van der Waals surface area contributed by atoms with Gasteiger partial charge in [-0.1, -0.05) is 34.1 Å². The van der Waals surface area contributed by atoms with Crippen molar-refractivity contribution < 1.29 is 4.79 Å². The zero-order valence-electron chi connectivity index (χ0n) is 10.9. The van der Waals surface area contributed by atoms with Gasteiger partial charge in [-0.05, 0) is 29.1 Å². The van der Waals surface area contributed by atoms with Gasteiger partial charge in [0, 0.05) is 22.0 Å². The van der Waals surface area contributed by atoms with Gasteiger partial charge < -0.3 is 0 Å². The summed E-state index contributed by atoms with van der Waals surface area (Å²) in [6.07, 6.45) is 2.64. The van der Waals surface area contributed by atoms with Gasteiger partial charge in [0.25, 0.3) is 5.91 Å². The summed E-state index contributed by atoms with van der Waals surface area (Å²) in [4.78, 5) is 18.0. The van der Waals surface area contributed by atoms with Crippen LogP contribution < -0.4 is 5.32 Å². The van der Waals surface area contributed by atoms with E-state index in [-0.39, 0.29) is 5.91 Å². The second-order valence-corrected chi connectivity index (χ2v) is 7.34. The summed E-state index contributed by atoms with van der Waals surface area (Å²) < 4.78 is 1.07. The molecule has 6 heteroatoms. The van der Waals surface area contributed by atoms with Crippen LogP contribution in [0.3, 0.4) is 0 Å². The van der Waals surface area contributed by atoms with Gasteiger partial charge in [0.15, 0.2) is 5.13 Å². The first-order chi connectivity index (χ1) is 10.2. The SMILES string of the molecule is O=C(Nc1ncc(Cc2ccc(Br)cc2)s1)c1cccs1. The number of nitrogens with one attached hydrogen (secondary N) is 1. The third-order valence-corrected chi connectivity index (χ3v) is 5.12. The Kier molecular flexibility index (Phi) is 4.48. The van der Waals surface area contributed by atoms with E-state index < -0.39 is 0 Å². The van der Waals surface area contributed by atoms with Gasteiger partial charge in [-0.25, -0.2) is 4.98 Å². The molecule has 0 aliphatic carbocycles. The molecule has 21 heavy (non-hydrogen) atoms. The predicted octanol–water partition coefficient (Wildman–Crippen LogP) is 4.81. The molecule has 0 fully saturated rings. The molecule has 2 heterocycles. The van der Waals surface area contributed by atoms with Gasteiger partial charge in [0.2, 0.25) is 0 Å². The number of anilines is 1. The minimum atomic E-state index is -0.102. The van der Waals surface area contributed by atoms with Crippen LogP contribution in [0.4, 0.5) is 5.13 Å². The molecular weight excluding hydrogens is 368 g/mol. The van der Waals surface area contributed by atoms with Crippen LogP contribution in [0, 0.1) is 0 Å². The topological polar surface area (TPSA) is 42.0 Å². The fourth-order valence-electron chi connectivity index (χ4n) is 1.82. The van der Waals surface area contributed by atoms with E-state index in [9.17, 15) is 4.79 Å². The number of aromatic nitrogens is 1. The number of carbonyl (C=O) groups excluding carboxylic acids is 1. The van der Waals surface area contributed by atoms with Crippen LogP contribution in [-0.4, -0.2) is 10.9 Å². The Balaban J connectivity index is 1.66. The van der Waals surface area contributed by atoms with E-state index in [4.69, 9.17) is 0 Å². The quantitative estimate of drug-likeness (QED) is 0.707. The van der Waals surface area contributed by atoms with Crippen molar-refractivity contribution in [2.24, 2.45) is 0 Å². The van der Waals surface area contributed by atoms with E-state index in [2.05, 4.69) is 38.4 Å². The Morgan fingerprint density at radius 1 is 1.24 bits per heavy atom. The Morgan fingerprint density at radius 2 is 2.05 bits per heavy atom. The lowest BCUT2D eigenvalue weighted by molar-refractivity contribution is 0.103. The van der Waals surface area contributed by atoms with Crippen molar-refractivity contribution in [1.82, 2.24) is 4.98 Å². The molecule has 0 aliphatic rings. The van der Waals surface area contributed by atoms with E-state index in [0.29, 0.717) is 10.0 Å². The van der Waals surface area contributed by atoms with E-state index in [1.165, 1.54) is 28.2 Å². The molecule has 0 atom stereocenters. The first-order valence-corrected chi connectivity index (χ1v) is 8.73. The van der Waals surface area contributed by atoms with Crippen LogP contribution in [-0.2, 0) is 6.42 Å². The normalized spacial score (nSPS) is 10.5. The summed E-state index contributed by atoms with van der Waals surface area (Å²) in [6, 6.07) is 11.9. The fourth-order valence-corrected chi connectivity index (χ4v) is 3.54. The highest BCUT2D eigenvalue weighted by molar-refractivity contribution is 9.10. The Bertz CT molecular complexity index is 735. The van der Waals surface area contributed by atoms with Crippen LogP contribution >= 0.6 is 38.6 Å². The summed E-state index contributed by atoms with van der Waals surface area (Å²) in [5.74, 6) is -0.102. The maximum atomic E-state index is 11.9. The molecule has 0 bridgehead atoms. The number of hydrogen-bond donors (Lipinski definition) is 1. The van der Waals surface area contributed by atoms with Crippen LogP contribution in [0.2, 0.25) is 0 Å². The molecule has 0 saturated carbocycles. The molecule has 1 aromatic carbocycles. The number of thiazole rings is 1. The average Bonchev–Trinajstić information content (AvgIpc) is 3.13. The largest absolute Gasteiger partial charge is 0.297 e. The zero-order valence-corrected chi connectivity index (χ0v) is 14.1. The molecule has 0 unspecified atom stereocenters. The van der Waals surface area contributed by atoms with Gasteiger partial charge in [0.1, 0.15) is 0 Å². The first-order valence-electron chi connectivity index (χ1n) is 6.25. The number of rotatable bonds is 4. The summed E-state index contributed by atoms with van der Waals surface area (Å²) in [7, 11) is 0. The smallest absolute Gasteiger partial charge is 0.267 e. The number of hydrogen-bond acceptors (Lipinski definition) is 4. The minimum absolute atomic E-state index is 0.102. The second-order valence-electron chi connectivity index (χ2n) is 4.37. The lowest BCUT2D eigenvalue weighted by atomic mass is 10.1. The maximum absolute atomic E-state index is 11.9. The van der Waals surface area contributed by atoms with Crippen molar-refractivity contribution in [3.63, 3.8) is 0 Å². The van der Waals surface area contributed by atoms with Crippen molar-refractivity contribution in [3.05, 3.63) is 67.8 Å². The highest BCUT2D eigenvalue weighted by Gasteiger charge is 2.10. The Labute approximate surface area is 138 Å². The lowest BCUT2D eigenvalue weighted by Gasteiger charge is -1.99. The number of thiophene rings is 1. The van der Waals surface area contributed by atoms with E-state index in [0.717, 1.165) is 15.8 Å². The number of nitrogens with zero attached hydrogens (tertiary/aromatic N) is 1. The number of halogens is 1. The predicted molar refractivity (Wildman–Crippen MR) is 91.3 cm³/mol. The molecule has 2 aromatic heterocycles. The van der Waals surface area contributed by atoms with Crippen molar-refractivity contribution in [2.75, 3.05) is 5.32 Å². The summed E-state index contributed by atoms with van der Waals surface area (Å²) in [5, 5.41) is 5.36. The summed E-state index contributed by atoms with van der Waals surface area (Å²) in [6.45, 7) is 0. The molecule has 1 amide bonds. The molecule has 3 aromatic rings. The number of benzene rings is 1. The van der Waals surface area contributed by atoms with Gasteiger partial charge >= 0.3 is 0 Å². The zero-order chi connectivity index (χ0) is 14.7. The molecule has 1 N–H and O–H groups in total. The molecule has 0 saturated heterocycles. The molecule has 3 rings (SSSR count). The van der Waals surface area contributed by atoms with Crippen molar-refractivity contribution in [2.45, 2.75) is 6.42 Å². The summed E-state index contributed by atoms with van der Waals surface area (Å²) >= 11 is 6.35.